The van der Waals surface area contributed by atoms with Crippen molar-refractivity contribution in [3.63, 3.8) is 0 Å². The Morgan fingerprint density at radius 2 is 2.00 bits per heavy atom. The van der Waals surface area contributed by atoms with Crippen LogP contribution >= 0.6 is 0 Å². The van der Waals surface area contributed by atoms with Crippen LogP contribution in [0.4, 0.5) is 8.78 Å². The summed E-state index contributed by atoms with van der Waals surface area (Å²) in [5, 5.41) is 0. The lowest BCUT2D eigenvalue weighted by Crippen LogP contribution is -2.28. The fourth-order valence-corrected chi connectivity index (χ4v) is 3.91. The van der Waals surface area contributed by atoms with Gasteiger partial charge in [-0.15, -0.1) is 0 Å². The number of ketones is 1. The molecule has 1 saturated heterocycles. The molecular weight excluding hydrogens is 382 g/mol. The van der Waals surface area contributed by atoms with Gasteiger partial charge in [-0.05, 0) is 24.6 Å². The largest absolute Gasteiger partial charge is 0.462 e. The summed E-state index contributed by atoms with van der Waals surface area (Å²) in [4.78, 5) is 36.0. The first kappa shape index (κ1) is 21.1. The third-order valence-electron chi connectivity index (χ3n) is 5.49. The van der Waals surface area contributed by atoms with Crippen LogP contribution in [0.5, 0.6) is 0 Å². The minimum absolute atomic E-state index is 0.111. The number of alkyl halides is 2. The highest BCUT2D eigenvalue weighted by Crippen LogP contribution is 2.43. The minimum atomic E-state index is -3.43. The van der Waals surface area contributed by atoms with Gasteiger partial charge in [-0.1, -0.05) is 37.6 Å². The van der Waals surface area contributed by atoms with Crippen molar-refractivity contribution in [1.82, 2.24) is 0 Å². The summed E-state index contributed by atoms with van der Waals surface area (Å²) in [6, 6.07) is 8.40. The van der Waals surface area contributed by atoms with E-state index in [1.165, 1.54) is 6.08 Å². The average molecular weight is 406 g/mol. The van der Waals surface area contributed by atoms with Crippen molar-refractivity contribution in [3.05, 3.63) is 48.0 Å². The number of carbonyl (C=O) groups excluding carboxylic acids is 3. The molecule has 29 heavy (non-hydrogen) atoms. The van der Waals surface area contributed by atoms with Crippen LogP contribution < -0.4 is 0 Å². The first-order valence-corrected chi connectivity index (χ1v) is 9.87. The zero-order valence-corrected chi connectivity index (χ0v) is 16.2. The monoisotopic (exact) mass is 406 g/mol. The lowest BCUT2D eigenvalue weighted by molar-refractivity contribution is -0.142. The molecule has 0 N–H and O–H groups in total. The van der Waals surface area contributed by atoms with E-state index in [4.69, 9.17) is 9.47 Å². The van der Waals surface area contributed by atoms with E-state index in [9.17, 15) is 23.2 Å². The molecule has 0 radical (unpaired) electrons. The first-order valence-electron chi connectivity index (χ1n) is 9.87. The van der Waals surface area contributed by atoms with Crippen LogP contribution in [0.2, 0.25) is 0 Å². The van der Waals surface area contributed by atoms with E-state index in [2.05, 4.69) is 0 Å². The van der Waals surface area contributed by atoms with Crippen LogP contribution in [-0.2, 0) is 19.1 Å². The predicted octanol–water partition coefficient (Wildman–Crippen LogP) is 4.11. The number of hydrogen-bond donors (Lipinski definition) is 0. The number of halogens is 2. The third-order valence-corrected chi connectivity index (χ3v) is 5.49. The summed E-state index contributed by atoms with van der Waals surface area (Å²) in [7, 11) is 0. The van der Waals surface area contributed by atoms with Crippen LogP contribution in [0.1, 0.15) is 49.4 Å². The lowest BCUT2D eigenvalue weighted by Gasteiger charge is -2.20. The molecule has 1 unspecified atom stereocenters. The molecule has 0 spiro atoms. The van der Waals surface area contributed by atoms with E-state index in [0.717, 1.165) is 6.08 Å². The van der Waals surface area contributed by atoms with Crippen LogP contribution in [0.25, 0.3) is 0 Å². The molecule has 1 aromatic rings. The molecular formula is C22H24F2O5. The maximum atomic E-state index is 14.0. The van der Waals surface area contributed by atoms with Gasteiger partial charge in [0.25, 0.3) is 0 Å². The zero-order valence-electron chi connectivity index (χ0n) is 16.2. The molecule has 1 aliphatic carbocycles. The molecule has 3 rings (SSSR count). The smallest absolute Gasteiger partial charge is 0.338 e. The Morgan fingerprint density at radius 1 is 1.28 bits per heavy atom. The standard InChI is InChI=1S/C22H24F2O5/c1-2-3-11-22(23,24)19(25)10-9-15-16-12-20(26)28-18(16)13-17(15)29-21(27)14-7-5-4-6-8-14/h4-10,15-18H,2-3,11-13H2,1H3/t15-,16-,17-,18?/m1/s1. The molecule has 5 nitrogen and oxygen atoms in total. The van der Waals surface area contributed by atoms with Gasteiger partial charge >= 0.3 is 17.9 Å². The fraction of sp³-hybridized carbons (Fsp3) is 0.500. The van der Waals surface area contributed by atoms with Gasteiger partial charge in [0.1, 0.15) is 12.2 Å². The topological polar surface area (TPSA) is 69.7 Å². The van der Waals surface area contributed by atoms with Crippen LogP contribution in [0.3, 0.4) is 0 Å². The summed E-state index contributed by atoms with van der Waals surface area (Å²) in [6.07, 6.45) is 1.84. The second-order valence-electron chi connectivity index (χ2n) is 7.55. The highest BCUT2D eigenvalue weighted by molar-refractivity contribution is 5.95. The van der Waals surface area contributed by atoms with Crippen molar-refractivity contribution in [2.45, 2.75) is 57.2 Å². The van der Waals surface area contributed by atoms with E-state index in [-0.39, 0.29) is 31.1 Å². The fourth-order valence-electron chi connectivity index (χ4n) is 3.91. The SMILES string of the molecule is CCCCC(F)(F)C(=O)C=C[C@H]1[C@H](OC(=O)c2ccccc2)CC2OC(=O)C[C@@H]21. The minimum Gasteiger partial charge on any atom is -0.462 e. The van der Waals surface area contributed by atoms with Crippen molar-refractivity contribution in [1.29, 1.82) is 0 Å². The number of benzene rings is 1. The normalized spacial score (nSPS) is 26.4. The summed E-state index contributed by atoms with van der Waals surface area (Å²) < 4.78 is 38.8. The second kappa shape index (κ2) is 8.84. The van der Waals surface area contributed by atoms with E-state index in [0.29, 0.717) is 12.0 Å². The van der Waals surface area contributed by atoms with Gasteiger partial charge < -0.3 is 9.47 Å². The number of carbonyl (C=O) groups is 3. The number of unbranched alkanes of at least 4 members (excludes halogenated alkanes) is 1. The van der Waals surface area contributed by atoms with E-state index < -0.39 is 42.2 Å². The second-order valence-corrected chi connectivity index (χ2v) is 7.55. The van der Waals surface area contributed by atoms with Crippen LogP contribution in [0, 0.1) is 11.8 Å². The van der Waals surface area contributed by atoms with Gasteiger partial charge in [-0.25, -0.2) is 4.79 Å². The van der Waals surface area contributed by atoms with Crippen molar-refractivity contribution >= 4 is 17.7 Å². The molecule has 1 saturated carbocycles. The Kier molecular flexibility index (Phi) is 6.45. The molecule has 2 aliphatic rings. The Balaban J connectivity index is 1.74. The van der Waals surface area contributed by atoms with E-state index in [1.807, 2.05) is 0 Å². The number of esters is 2. The molecule has 1 aliphatic heterocycles. The maximum Gasteiger partial charge on any atom is 0.338 e. The maximum absolute atomic E-state index is 14.0. The number of hydrogen-bond acceptors (Lipinski definition) is 5. The van der Waals surface area contributed by atoms with E-state index >= 15 is 0 Å². The zero-order chi connectivity index (χ0) is 21.0. The van der Waals surface area contributed by atoms with Gasteiger partial charge in [-0.3, -0.25) is 9.59 Å². The number of ether oxygens (including phenoxy) is 2. The molecule has 0 aromatic heterocycles. The van der Waals surface area contributed by atoms with Crippen molar-refractivity contribution in [2.75, 3.05) is 0 Å². The van der Waals surface area contributed by atoms with E-state index in [1.54, 1.807) is 37.3 Å². The molecule has 1 aromatic carbocycles. The predicted molar refractivity (Wildman–Crippen MR) is 100 cm³/mol. The molecule has 1 heterocycles. The molecule has 0 amide bonds. The highest BCUT2D eigenvalue weighted by Gasteiger charge is 2.51. The van der Waals surface area contributed by atoms with Crippen LogP contribution in [-0.4, -0.2) is 35.9 Å². The highest BCUT2D eigenvalue weighted by atomic mass is 19.3. The van der Waals surface area contributed by atoms with Crippen molar-refractivity contribution < 1.29 is 32.6 Å². The van der Waals surface area contributed by atoms with Gasteiger partial charge in [0.15, 0.2) is 0 Å². The average Bonchev–Trinajstić information content (AvgIpc) is 3.20. The van der Waals surface area contributed by atoms with Crippen molar-refractivity contribution in [3.8, 4) is 0 Å². The first-order chi connectivity index (χ1) is 13.8. The van der Waals surface area contributed by atoms with Crippen molar-refractivity contribution in [2.24, 2.45) is 11.8 Å². The Bertz CT molecular complexity index is 790. The molecule has 4 atom stereocenters. The molecule has 156 valence electrons. The molecule has 7 heteroatoms. The molecule has 0 bridgehead atoms. The number of rotatable bonds is 8. The van der Waals surface area contributed by atoms with Gasteiger partial charge in [0.05, 0.1) is 12.0 Å². The van der Waals surface area contributed by atoms with Gasteiger partial charge in [-0.2, -0.15) is 8.78 Å². The quantitative estimate of drug-likeness (QED) is 0.480. The summed E-state index contributed by atoms with van der Waals surface area (Å²) in [5.41, 5.74) is 0.367. The van der Waals surface area contributed by atoms with Crippen LogP contribution in [0.15, 0.2) is 42.5 Å². The summed E-state index contributed by atoms with van der Waals surface area (Å²) in [5.74, 6) is -6.45. The lowest BCUT2D eigenvalue weighted by atomic mass is 9.91. The Morgan fingerprint density at radius 3 is 2.69 bits per heavy atom. The van der Waals surface area contributed by atoms with Gasteiger partial charge in [0.2, 0.25) is 5.78 Å². The number of allylic oxidation sites excluding steroid dienone is 1. The van der Waals surface area contributed by atoms with Gasteiger partial charge in [0, 0.05) is 24.7 Å². The summed E-state index contributed by atoms with van der Waals surface area (Å²) in [6.45, 7) is 1.78. The summed E-state index contributed by atoms with van der Waals surface area (Å²) >= 11 is 0. The Labute approximate surface area is 168 Å². The molecule has 2 fully saturated rings. The Hall–Kier alpha value is -2.57. The third kappa shape index (κ3) is 4.89. The number of fused-ring (bicyclic) bond motifs is 1.